The lowest BCUT2D eigenvalue weighted by Gasteiger charge is -2.29. The van der Waals surface area contributed by atoms with Crippen molar-refractivity contribution >= 4 is 23.0 Å². The molecule has 0 bridgehead atoms. The highest BCUT2D eigenvalue weighted by Crippen LogP contribution is 2.14. The summed E-state index contributed by atoms with van der Waals surface area (Å²) in [6, 6.07) is 17.4. The fourth-order valence-corrected chi connectivity index (χ4v) is 3.61. The number of benzene rings is 2. The van der Waals surface area contributed by atoms with Gasteiger partial charge in [0.25, 0.3) is 0 Å². The van der Waals surface area contributed by atoms with E-state index in [9.17, 15) is 0 Å². The smallest absolute Gasteiger partial charge is 0.171 e. The van der Waals surface area contributed by atoms with Gasteiger partial charge in [0.05, 0.1) is 13.2 Å². The largest absolute Gasteiger partial charge is 0.370 e. The van der Waals surface area contributed by atoms with Crippen molar-refractivity contribution in [3.8, 4) is 0 Å². The molecule has 1 heterocycles. The molecule has 2 aromatic carbocycles. The van der Waals surface area contributed by atoms with Crippen molar-refractivity contribution in [1.82, 2.24) is 5.32 Å². The maximum absolute atomic E-state index is 5.61. The summed E-state index contributed by atoms with van der Waals surface area (Å²) in [6.07, 6.45) is 1.04. The maximum Gasteiger partial charge on any atom is 0.171 e. The van der Waals surface area contributed by atoms with Gasteiger partial charge in [-0.2, -0.15) is 0 Å². The summed E-state index contributed by atoms with van der Waals surface area (Å²) in [5.74, 6) is 0. The number of morpholine rings is 1. The minimum absolute atomic E-state index is 0.175. The van der Waals surface area contributed by atoms with Crippen LogP contribution in [-0.4, -0.2) is 38.0 Å². The molecule has 144 valence electrons. The molecule has 1 fully saturated rings. The highest BCUT2D eigenvalue weighted by atomic mass is 32.1. The summed E-state index contributed by atoms with van der Waals surface area (Å²) in [5, 5.41) is 7.53. The normalized spacial score (nSPS) is 15.9. The van der Waals surface area contributed by atoms with Crippen LogP contribution in [0.1, 0.15) is 29.7 Å². The molecule has 0 saturated carbocycles. The van der Waals surface area contributed by atoms with E-state index in [-0.39, 0.29) is 6.04 Å². The monoisotopic (exact) mass is 384 g/mol. The first-order chi connectivity index (χ1) is 13.1. The van der Waals surface area contributed by atoms with Crippen molar-refractivity contribution in [2.24, 2.45) is 0 Å². The molecule has 1 atom stereocenters. The number of rotatable bonds is 6. The van der Waals surface area contributed by atoms with E-state index in [1.165, 1.54) is 16.7 Å². The molecule has 3 rings (SSSR count). The number of nitrogens with one attached hydrogen (secondary N) is 3. The SMILES string of the molecule is CCc1ccc(NC(=S)N[C@@H](C[NH+]2CCOCC2)c2ccc(C)cc2)cc1. The lowest BCUT2D eigenvalue weighted by atomic mass is 10.0. The van der Waals surface area contributed by atoms with Crippen LogP contribution >= 0.6 is 12.2 Å². The van der Waals surface area contributed by atoms with Crippen molar-refractivity contribution in [3.05, 3.63) is 65.2 Å². The number of anilines is 1. The predicted octanol–water partition coefficient (Wildman–Crippen LogP) is 2.50. The van der Waals surface area contributed by atoms with Gasteiger partial charge >= 0.3 is 0 Å². The van der Waals surface area contributed by atoms with Gasteiger partial charge in [-0.05, 0) is 48.8 Å². The Labute approximate surface area is 167 Å². The molecule has 0 amide bonds. The van der Waals surface area contributed by atoms with E-state index in [0.717, 1.165) is 45.0 Å². The van der Waals surface area contributed by atoms with E-state index < -0.39 is 0 Å². The summed E-state index contributed by atoms with van der Waals surface area (Å²) in [7, 11) is 0. The summed E-state index contributed by atoms with van der Waals surface area (Å²) in [4.78, 5) is 1.55. The van der Waals surface area contributed by atoms with Crippen LogP contribution in [0.3, 0.4) is 0 Å². The lowest BCUT2D eigenvalue weighted by Crippen LogP contribution is -3.14. The van der Waals surface area contributed by atoms with Gasteiger partial charge in [0.1, 0.15) is 25.7 Å². The first-order valence-corrected chi connectivity index (χ1v) is 10.2. The van der Waals surface area contributed by atoms with Gasteiger partial charge in [-0.3, -0.25) is 0 Å². The Balaban J connectivity index is 1.67. The fraction of sp³-hybridized carbons (Fsp3) is 0.409. The Kier molecular flexibility index (Phi) is 7.21. The summed E-state index contributed by atoms with van der Waals surface area (Å²) in [5.41, 5.74) is 4.89. The summed E-state index contributed by atoms with van der Waals surface area (Å²) in [6.45, 7) is 9.03. The Morgan fingerprint density at radius 1 is 1.07 bits per heavy atom. The molecular weight excluding hydrogens is 354 g/mol. The van der Waals surface area contributed by atoms with Gasteiger partial charge in [-0.1, -0.05) is 48.9 Å². The van der Waals surface area contributed by atoms with Crippen LogP contribution in [0.25, 0.3) is 0 Å². The van der Waals surface area contributed by atoms with E-state index >= 15 is 0 Å². The number of aryl methyl sites for hydroxylation is 2. The molecule has 3 N–H and O–H groups in total. The number of hydrogen-bond acceptors (Lipinski definition) is 2. The molecule has 5 heteroatoms. The molecule has 0 aliphatic carbocycles. The highest BCUT2D eigenvalue weighted by Gasteiger charge is 2.22. The molecule has 2 aromatic rings. The van der Waals surface area contributed by atoms with Crippen molar-refractivity contribution in [1.29, 1.82) is 0 Å². The van der Waals surface area contributed by atoms with E-state index in [2.05, 4.69) is 73.0 Å². The van der Waals surface area contributed by atoms with Crippen molar-refractivity contribution < 1.29 is 9.64 Å². The molecule has 1 saturated heterocycles. The number of hydrogen-bond donors (Lipinski definition) is 3. The molecule has 0 aromatic heterocycles. The summed E-state index contributed by atoms with van der Waals surface area (Å²) >= 11 is 5.61. The van der Waals surface area contributed by atoms with Crippen LogP contribution in [0.4, 0.5) is 5.69 Å². The Bertz CT molecular complexity index is 724. The summed E-state index contributed by atoms with van der Waals surface area (Å²) < 4.78 is 5.50. The first kappa shape index (κ1) is 19.8. The minimum Gasteiger partial charge on any atom is -0.370 e. The topological polar surface area (TPSA) is 37.7 Å². The Hall–Kier alpha value is -1.95. The van der Waals surface area contributed by atoms with E-state index in [0.29, 0.717) is 5.11 Å². The van der Waals surface area contributed by atoms with Crippen LogP contribution in [0, 0.1) is 6.92 Å². The molecule has 1 aliphatic heterocycles. The average Bonchev–Trinajstić information content (AvgIpc) is 2.69. The van der Waals surface area contributed by atoms with Crippen LogP contribution in [0.5, 0.6) is 0 Å². The first-order valence-electron chi connectivity index (χ1n) is 9.78. The molecular formula is C22H30N3OS+. The average molecular weight is 385 g/mol. The zero-order valence-electron chi connectivity index (χ0n) is 16.3. The molecule has 0 radical (unpaired) electrons. The van der Waals surface area contributed by atoms with Crippen LogP contribution in [0.2, 0.25) is 0 Å². The third-order valence-corrected chi connectivity index (χ3v) is 5.32. The van der Waals surface area contributed by atoms with Crippen LogP contribution < -0.4 is 15.5 Å². The minimum atomic E-state index is 0.175. The van der Waals surface area contributed by atoms with Crippen molar-refractivity contribution in [2.75, 3.05) is 38.2 Å². The van der Waals surface area contributed by atoms with E-state index in [4.69, 9.17) is 17.0 Å². The fourth-order valence-electron chi connectivity index (χ4n) is 3.35. The van der Waals surface area contributed by atoms with Crippen molar-refractivity contribution in [3.63, 3.8) is 0 Å². The Morgan fingerprint density at radius 3 is 2.37 bits per heavy atom. The van der Waals surface area contributed by atoms with E-state index in [1.54, 1.807) is 4.90 Å². The maximum atomic E-state index is 5.61. The van der Waals surface area contributed by atoms with Crippen LogP contribution in [0.15, 0.2) is 48.5 Å². The predicted molar refractivity (Wildman–Crippen MR) is 115 cm³/mol. The van der Waals surface area contributed by atoms with Gasteiger partial charge in [0, 0.05) is 5.69 Å². The molecule has 27 heavy (non-hydrogen) atoms. The van der Waals surface area contributed by atoms with Gasteiger partial charge < -0.3 is 20.3 Å². The highest BCUT2D eigenvalue weighted by molar-refractivity contribution is 7.80. The lowest BCUT2D eigenvalue weighted by molar-refractivity contribution is -0.909. The zero-order valence-corrected chi connectivity index (χ0v) is 17.1. The van der Waals surface area contributed by atoms with Gasteiger partial charge in [-0.15, -0.1) is 0 Å². The zero-order chi connectivity index (χ0) is 19.1. The number of quaternary nitrogens is 1. The third-order valence-electron chi connectivity index (χ3n) is 5.10. The van der Waals surface area contributed by atoms with Crippen molar-refractivity contribution in [2.45, 2.75) is 26.3 Å². The van der Waals surface area contributed by atoms with Gasteiger partial charge in [-0.25, -0.2) is 0 Å². The Morgan fingerprint density at radius 2 is 1.74 bits per heavy atom. The second kappa shape index (κ2) is 9.83. The number of ether oxygens (including phenoxy) is 1. The molecule has 0 unspecified atom stereocenters. The standard InChI is InChI=1S/C22H29N3OS/c1-3-18-6-10-20(11-7-18)23-22(27)24-21(16-25-12-14-26-15-13-25)19-8-4-17(2)5-9-19/h4-11,21H,3,12-16H2,1-2H3,(H2,23,24,27)/p+1/t21-/m0/s1. The van der Waals surface area contributed by atoms with E-state index in [1.807, 2.05) is 0 Å². The number of thiocarbonyl (C=S) groups is 1. The quantitative estimate of drug-likeness (QED) is 0.669. The second-order valence-electron chi connectivity index (χ2n) is 7.18. The third kappa shape index (κ3) is 6.03. The molecule has 0 spiro atoms. The molecule has 1 aliphatic rings. The van der Waals surface area contributed by atoms with Gasteiger partial charge in [0.2, 0.25) is 0 Å². The van der Waals surface area contributed by atoms with Gasteiger partial charge in [0.15, 0.2) is 5.11 Å². The van der Waals surface area contributed by atoms with Crippen LogP contribution in [-0.2, 0) is 11.2 Å². The second-order valence-corrected chi connectivity index (χ2v) is 7.59. The molecule has 4 nitrogen and oxygen atoms in total.